The minimum atomic E-state index is -1.44. The molecule has 0 aromatic carbocycles. The van der Waals surface area contributed by atoms with Crippen molar-refractivity contribution in [3.8, 4) is 0 Å². The second kappa shape index (κ2) is 1.64. The molecule has 0 spiro atoms. The van der Waals surface area contributed by atoms with Crippen molar-refractivity contribution in [2.75, 3.05) is 13.3 Å². The van der Waals surface area contributed by atoms with Gasteiger partial charge in [-0.25, -0.2) is 0 Å². The Balaban J connectivity index is 3.02. The zero-order valence-electron chi connectivity index (χ0n) is 3.20. The van der Waals surface area contributed by atoms with Crippen LogP contribution in [0.5, 0.6) is 0 Å². The molecule has 0 fully saturated rings. The molecular formula is C2H6Cl2P+. The number of halogens is 2. The first kappa shape index (κ1) is 6.01. The van der Waals surface area contributed by atoms with Gasteiger partial charge in [-0.2, -0.15) is 0 Å². The average Bonchev–Trinajstić information content (AvgIpc) is 0.722. The van der Waals surface area contributed by atoms with Crippen LogP contribution in [0.15, 0.2) is 0 Å². The van der Waals surface area contributed by atoms with Gasteiger partial charge < -0.3 is 0 Å². The van der Waals surface area contributed by atoms with Crippen molar-refractivity contribution in [2.24, 2.45) is 0 Å². The second-order valence-corrected chi connectivity index (χ2v) is 9.15. The van der Waals surface area contributed by atoms with Crippen LogP contribution in [-0.4, -0.2) is 13.3 Å². The van der Waals surface area contributed by atoms with Gasteiger partial charge in [0.1, 0.15) is 22.5 Å². The summed E-state index contributed by atoms with van der Waals surface area (Å²) in [6.07, 6.45) is 0. The predicted molar refractivity (Wildman–Crippen MR) is 30.5 cm³/mol. The van der Waals surface area contributed by atoms with Crippen LogP contribution in [0.25, 0.3) is 0 Å². The van der Waals surface area contributed by atoms with E-state index in [-0.39, 0.29) is 0 Å². The van der Waals surface area contributed by atoms with E-state index in [1.54, 1.807) is 0 Å². The summed E-state index contributed by atoms with van der Waals surface area (Å²) >= 11 is 10.8. The summed E-state index contributed by atoms with van der Waals surface area (Å²) in [5, 5.41) is 0. The molecule has 0 radical (unpaired) electrons. The zero-order chi connectivity index (χ0) is 4.50. The maximum Gasteiger partial charge on any atom is 0.205 e. The van der Waals surface area contributed by atoms with E-state index in [1.165, 1.54) is 0 Å². The Hall–Kier alpha value is 1.01. The quantitative estimate of drug-likeness (QED) is 0.444. The van der Waals surface area contributed by atoms with E-state index in [1.807, 2.05) is 13.3 Å². The first-order valence-electron chi connectivity index (χ1n) is 1.23. The van der Waals surface area contributed by atoms with Crippen molar-refractivity contribution in [2.45, 2.75) is 0 Å². The molecule has 0 heterocycles. The summed E-state index contributed by atoms with van der Waals surface area (Å²) in [6, 6.07) is 0. The lowest BCUT2D eigenvalue weighted by molar-refractivity contribution is 2.27. The molecule has 0 rings (SSSR count). The molecule has 0 aromatic rings. The highest BCUT2D eigenvalue weighted by Gasteiger charge is 2.15. The Morgan fingerprint density at radius 2 is 1.20 bits per heavy atom. The van der Waals surface area contributed by atoms with E-state index in [4.69, 9.17) is 22.5 Å². The van der Waals surface area contributed by atoms with E-state index in [0.29, 0.717) is 0 Å². The number of hydrogen-bond acceptors (Lipinski definition) is 0. The molecule has 0 amide bonds. The molecule has 0 bridgehead atoms. The fourth-order valence-corrected chi connectivity index (χ4v) is 0. The topological polar surface area (TPSA) is 0 Å². The summed E-state index contributed by atoms with van der Waals surface area (Å²) in [5.74, 6) is -1.44. The zero-order valence-corrected chi connectivity index (χ0v) is 5.61. The third-order valence-corrected chi connectivity index (χ3v) is 0. The Morgan fingerprint density at radius 1 is 1.20 bits per heavy atom. The van der Waals surface area contributed by atoms with E-state index >= 15 is 0 Å². The minimum Gasteiger partial charge on any atom is 0.0806 e. The molecule has 0 aromatic heterocycles. The normalized spacial score (nSPS) is 12.0. The molecule has 0 aliphatic rings. The second-order valence-electron chi connectivity index (χ2n) is 1.19. The lowest BCUT2D eigenvalue weighted by Crippen LogP contribution is -1.54. The van der Waals surface area contributed by atoms with Gasteiger partial charge in [-0.3, -0.25) is 0 Å². The molecular weight excluding hydrogens is 126 g/mol. The SMILES string of the molecule is C[P+](C)(Cl)Cl. The Labute approximate surface area is 42.4 Å². The molecule has 0 atom stereocenters. The van der Waals surface area contributed by atoms with Gasteiger partial charge in [-0.1, -0.05) is 0 Å². The van der Waals surface area contributed by atoms with Crippen LogP contribution in [-0.2, 0) is 0 Å². The summed E-state index contributed by atoms with van der Waals surface area (Å²) in [5.41, 5.74) is 0. The van der Waals surface area contributed by atoms with Gasteiger partial charge in [0.05, 0.1) is 13.3 Å². The lowest BCUT2D eigenvalue weighted by Gasteiger charge is -1.85. The van der Waals surface area contributed by atoms with Gasteiger partial charge in [-0.15, -0.1) is 0 Å². The Bertz CT molecular complexity index is 23.1. The molecule has 0 saturated heterocycles. The largest absolute Gasteiger partial charge is 0.205 e. The van der Waals surface area contributed by atoms with Crippen LogP contribution in [0.3, 0.4) is 0 Å². The van der Waals surface area contributed by atoms with Gasteiger partial charge >= 0.3 is 0 Å². The summed E-state index contributed by atoms with van der Waals surface area (Å²) in [7, 11) is 0. The van der Waals surface area contributed by atoms with Crippen molar-refractivity contribution in [1.29, 1.82) is 0 Å². The molecule has 0 aliphatic carbocycles. The predicted octanol–water partition coefficient (Wildman–Crippen LogP) is 2.57. The standard InChI is InChI=1S/C2H6Cl2P/c1-5(2,3)4/h1-2H3/q+1. The molecule has 3 heteroatoms. The Morgan fingerprint density at radius 3 is 1.20 bits per heavy atom. The minimum absolute atomic E-state index is 1.44. The van der Waals surface area contributed by atoms with Crippen LogP contribution >= 0.6 is 28.4 Å². The molecule has 32 valence electrons. The monoisotopic (exact) mass is 131 g/mol. The molecule has 5 heavy (non-hydrogen) atoms. The molecule has 0 nitrogen and oxygen atoms in total. The van der Waals surface area contributed by atoms with Crippen molar-refractivity contribution >= 4 is 28.4 Å². The van der Waals surface area contributed by atoms with E-state index in [2.05, 4.69) is 0 Å². The maximum absolute atomic E-state index is 5.41. The third-order valence-electron chi connectivity index (χ3n) is 0. The van der Waals surface area contributed by atoms with Gasteiger partial charge in [0.25, 0.3) is 0 Å². The molecule has 0 N–H and O–H groups in total. The van der Waals surface area contributed by atoms with Crippen LogP contribution in [0, 0.1) is 0 Å². The van der Waals surface area contributed by atoms with Crippen LogP contribution in [0.4, 0.5) is 0 Å². The van der Waals surface area contributed by atoms with Gasteiger partial charge in [0.2, 0.25) is 5.97 Å². The highest BCUT2D eigenvalue weighted by molar-refractivity contribution is 8.16. The van der Waals surface area contributed by atoms with Crippen molar-refractivity contribution < 1.29 is 0 Å². The van der Waals surface area contributed by atoms with Crippen LogP contribution in [0.1, 0.15) is 0 Å². The fraction of sp³-hybridized carbons (Fsp3) is 1.00. The fourth-order valence-electron chi connectivity index (χ4n) is 0. The first-order valence-corrected chi connectivity index (χ1v) is 5.73. The third kappa shape index (κ3) is 44.5. The summed E-state index contributed by atoms with van der Waals surface area (Å²) < 4.78 is 0. The Kier molecular flexibility index (Phi) is 1.97. The molecule has 0 unspecified atom stereocenters. The molecule has 0 aliphatic heterocycles. The number of rotatable bonds is 0. The summed E-state index contributed by atoms with van der Waals surface area (Å²) in [4.78, 5) is 0. The van der Waals surface area contributed by atoms with Gasteiger partial charge in [0, 0.05) is 0 Å². The number of hydrogen-bond donors (Lipinski definition) is 0. The van der Waals surface area contributed by atoms with Crippen molar-refractivity contribution in [3.63, 3.8) is 0 Å². The summed E-state index contributed by atoms with van der Waals surface area (Å²) in [6.45, 7) is 3.66. The highest BCUT2D eigenvalue weighted by atomic mass is 35.9. The highest BCUT2D eigenvalue weighted by Crippen LogP contribution is 2.61. The van der Waals surface area contributed by atoms with E-state index in [9.17, 15) is 0 Å². The smallest absolute Gasteiger partial charge is 0.0806 e. The van der Waals surface area contributed by atoms with Crippen LogP contribution in [0.2, 0.25) is 0 Å². The van der Waals surface area contributed by atoms with E-state index < -0.39 is 5.97 Å². The lowest BCUT2D eigenvalue weighted by atomic mass is 11.9. The van der Waals surface area contributed by atoms with Crippen molar-refractivity contribution in [1.82, 2.24) is 0 Å². The van der Waals surface area contributed by atoms with Crippen molar-refractivity contribution in [3.05, 3.63) is 0 Å². The maximum atomic E-state index is 5.41. The molecule has 0 saturated carbocycles. The van der Waals surface area contributed by atoms with Gasteiger partial charge in [0.15, 0.2) is 0 Å². The first-order chi connectivity index (χ1) is 2.00. The van der Waals surface area contributed by atoms with Gasteiger partial charge in [-0.05, 0) is 0 Å². The van der Waals surface area contributed by atoms with E-state index in [0.717, 1.165) is 0 Å². The average molecular weight is 132 g/mol. The van der Waals surface area contributed by atoms with Crippen LogP contribution < -0.4 is 0 Å².